The molecular weight excluding hydrogens is 312 g/mol. The fourth-order valence-corrected chi connectivity index (χ4v) is 3.50. The van der Waals surface area contributed by atoms with E-state index in [1.165, 1.54) is 6.26 Å². The van der Waals surface area contributed by atoms with Crippen LogP contribution in [0.2, 0.25) is 0 Å². The van der Waals surface area contributed by atoms with E-state index in [4.69, 9.17) is 4.42 Å². The van der Waals surface area contributed by atoms with E-state index in [0.29, 0.717) is 5.76 Å². The van der Waals surface area contributed by atoms with Gasteiger partial charge in [-0.2, -0.15) is 0 Å². The lowest BCUT2D eigenvalue weighted by Crippen LogP contribution is -2.40. The molecule has 1 aromatic heterocycles. The summed E-state index contributed by atoms with van der Waals surface area (Å²) >= 11 is 0. The molecule has 2 aromatic carbocycles. The Hall–Kier alpha value is -3.01. The lowest BCUT2D eigenvalue weighted by molar-refractivity contribution is 0.0947. The number of furan rings is 1. The molecule has 1 N–H and O–H groups in total. The number of para-hydroxylation sites is 2. The van der Waals surface area contributed by atoms with Crippen LogP contribution in [0, 0.1) is 0 Å². The fraction of sp³-hybridized carbons (Fsp3) is 0.190. The van der Waals surface area contributed by atoms with Crippen LogP contribution in [0.3, 0.4) is 0 Å². The van der Waals surface area contributed by atoms with Gasteiger partial charge >= 0.3 is 0 Å². The third kappa shape index (κ3) is 2.91. The first kappa shape index (κ1) is 15.5. The summed E-state index contributed by atoms with van der Waals surface area (Å²) in [5.41, 5.74) is 3.08. The highest BCUT2D eigenvalue weighted by Crippen LogP contribution is 2.39. The number of fused-ring (bicyclic) bond motifs is 1. The molecule has 0 fully saturated rings. The van der Waals surface area contributed by atoms with Crippen LogP contribution in [0.15, 0.2) is 77.4 Å². The first-order valence-corrected chi connectivity index (χ1v) is 8.51. The first-order chi connectivity index (χ1) is 12.2. The molecule has 0 radical (unpaired) electrons. The van der Waals surface area contributed by atoms with Crippen molar-refractivity contribution in [1.82, 2.24) is 0 Å². The van der Waals surface area contributed by atoms with Gasteiger partial charge in [0, 0.05) is 17.4 Å². The van der Waals surface area contributed by atoms with Crippen LogP contribution in [-0.2, 0) is 0 Å². The molecule has 1 aliphatic heterocycles. The Labute approximate surface area is 147 Å². The number of carbonyl (C=O) groups is 1. The van der Waals surface area contributed by atoms with E-state index in [0.717, 1.165) is 23.4 Å². The molecule has 4 rings (SSSR count). The second kappa shape index (κ2) is 6.48. The maximum absolute atomic E-state index is 13.2. The molecule has 0 saturated carbocycles. The van der Waals surface area contributed by atoms with E-state index in [1.807, 2.05) is 47.4 Å². The summed E-state index contributed by atoms with van der Waals surface area (Å²) < 4.78 is 5.40. The van der Waals surface area contributed by atoms with Crippen LogP contribution >= 0.6 is 0 Å². The van der Waals surface area contributed by atoms with E-state index in [2.05, 4.69) is 24.4 Å². The lowest BCUT2D eigenvalue weighted by atomic mass is 9.91. The number of hydrogen-bond acceptors (Lipinski definition) is 3. The zero-order valence-corrected chi connectivity index (χ0v) is 14.1. The largest absolute Gasteiger partial charge is 0.459 e. The normalized spacial score (nSPS) is 18.9. The van der Waals surface area contributed by atoms with Crippen molar-refractivity contribution in [3.05, 3.63) is 84.3 Å². The number of nitrogens with one attached hydrogen (secondary N) is 1. The van der Waals surface area contributed by atoms with Crippen LogP contribution < -0.4 is 10.2 Å². The Morgan fingerprint density at radius 3 is 2.56 bits per heavy atom. The number of carbonyl (C=O) groups excluding carboxylic acids is 1. The third-order valence-electron chi connectivity index (χ3n) is 4.60. The van der Waals surface area contributed by atoms with Crippen LogP contribution in [0.5, 0.6) is 0 Å². The van der Waals surface area contributed by atoms with Gasteiger partial charge in [-0.15, -0.1) is 0 Å². The highest BCUT2D eigenvalue weighted by atomic mass is 16.3. The SMILES string of the molecule is C[C@H]1C[C@@H](N(C(=O)c2ccco2)c2ccccc2)c2ccccc2N1. The molecule has 4 nitrogen and oxygen atoms in total. The molecule has 2 heterocycles. The average Bonchev–Trinajstić information content (AvgIpc) is 3.17. The summed E-state index contributed by atoms with van der Waals surface area (Å²) in [6, 6.07) is 21.7. The highest BCUT2D eigenvalue weighted by molar-refractivity contribution is 6.05. The predicted octanol–water partition coefficient (Wildman–Crippen LogP) is 4.87. The topological polar surface area (TPSA) is 45.5 Å². The molecule has 25 heavy (non-hydrogen) atoms. The van der Waals surface area contributed by atoms with Crippen LogP contribution in [0.4, 0.5) is 11.4 Å². The average molecular weight is 332 g/mol. The summed E-state index contributed by atoms with van der Waals surface area (Å²) in [5.74, 6) is 0.234. The van der Waals surface area contributed by atoms with Gasteiger partial charge in [0.05, 0.1) is 12.3 Å². The summed E-state index contributed by atoms with van der Waals surface area (Å²) in [4.78, 5) is 15.1. The zero-order valence-electron chi connectivity index (χ0n) is 14.1. The van der Waals surface area contributed by atoms with Gasteiger partial charge in [0.25, 0.3) is 5.91 Å². The van der Waals surface area contributed by atoms with Crippen LogP contribution in [0.1, 0.15) is 35.5 Å². The quantitative estimate of drug-likeness (QED) is 0.744. The van der Waals surface area contributed by atoms with Crippen molar-refractivity contribution in [2.45, 2.75) is 25.4 Å². The van der Waals surface area contributed by atoms with E-state index in [-0.39, 0.29) is 18.0 Å². The van der Waals surface area contributed by atoms with E-state index in [1.54, 1.807) is 12.1 Å². The number of nitrogens with zero attached hydrogens (tertiary/aromatic N) is 1. The molecule has 0 saturated heterocycles. The van der Waals surface area contributed by atoms with Crippen molar-refractivity contribution in [3.8, 4) is 0 Å². The Bertz CT molecular complexity index is 859. The molecule has 126 valence electrons. The van der Waals surface area contributed by atoms with Crippen LogP contribution in [-0.4, -0.2) is 11.9 Å². The number of benzene rings is 2. The maximum Gasteiger partial charge on any atom is 0.294 e. The Morgan fingerprint density at radius 1 is 1.04 bits per heavy atom. The molecule has 0 bridgehead atoms. The minimum Gasteiger partial charge on any atom is -0.459 e. The summed E-state index contributed by atoms with van der Waals surface area (Å²) in [7, 11) is 0. The molecule has 3 aromatic rings. The summed E-state index contributed by atoms with van der Waals surface area (Å²) in [6.45, 7) is 2.14. The number of amides is 1. The van der Waals surface area contributed by atoms with Crippen LogP contribution in [0.25, 0.3) is 0 Å². The smallest absolute Gasteiger partial charge is 0.294 e. The van der Waals surface area contributed by atoms with Gasteiger partial charge in [0.15, 0.2) is 5.76 Å². The fourth-order valence-electron chi connectivity index (χ4n) is 3.50. The van der Waals surface area contributed by atoms with Gasteiger partial charge < -0.3 is 9.73 Å². The van der Waals surface area contributed by atoms with Gasteiger partial charge in [0.1, 0.15) is 0 Å². The van der Waals surface area contributed by atoms with Gasteiger partial charge in [-0.25, -0.2) is 0 Å². The van der Waals surface area contributed by atoms with Crippen molar-refractivity contribution in [1.29, 1.82) is 0 Å². The van der Waals surface area contributed by atoms with Gasteiger partial charge in [-0.05, 0) is 49.2 Å². The highest BCUT2D eigenvalue weighted by Gasteiger charge is 2.34. The predicted molar refractivity (Wildman–Crippen MR) is 98.8 cm³/mol. The zero-order chi connectivity index (χ0) is 17.2. The van der Waals surface area contributed by atoms with Crippen molar-refractivity contribution in [3.63, 3.8) is 0 Å². The molecular formula is C21H20N2O2. The number of anilines is 2. The Balaban J connectivity index is 1.83. The molecule has 1 aliphatic rings. The van der Waals surface area contributed by atoms with Crippen molar-refractivity contribution in [2.75, 3.05) is 10.2 Å². The molecule has 0 spiro atoms. The summed E-state index contributed by atoms with van der Waals surface area (Å²) in [6.07, 6.45) is 2.37. The van der Waals surface area contributed by atoms with Crippen molar-refractivity contribution >= 4 is 17.3 Å². The maximum atomic E-state index is 13.2. The monoisotopic (exact) mass is 332 g/mol. The Morgan fingerprint density at radius 2 is 1.80 bits per heavy atom. The third-order valence-corrected chi connectivity index (χ3v) is 4.60. The molecule has 1 amide bonds. The van der Waals surface area contributed by atoms with Gasteiger partial charge in [-0.3, -0.25) is 9.69 Å². The lowest BCUT2D eigenvalue weighted by Gasteiger charge is -2.38. The van der Waals surface area contributed by atoms with Crippen molar-refractivity contribution < 1.29 is 9.21 Å². The first-order valence-electron chi connectivity index (χ1n) is 8.51. The van der Waals surface area contributed by atoms with E-state index in [9.17, 15) is 4.79 Å². The molecule has 0 aliphatic carbocycles. The number of rotatable bonds is 3. The number of hydrogen-bond donors (Lipinski definition) is 1. The Kier molecular flexibility index (Phi) is 4.02. The molecule has 4 heteroatoms. The van der Waals surface area contributed by atoms with Crippen molar-refractivity contribution in [2.24, 2.45) is 0 Å². The molecule has 0 unspecified atom stereocenters. The second-order valence-electron chi connectivity index (χ2n) is 6.37. The molecule has 2 atom stereocenters. The van der Waals surface area contributed by atoms with E-state index >= 15 is 0 Å². The van der Waals surface area contributed by atoms with Gasteiger partial charge in [-0.1, -0.05) is 36.4 Å². The standard InChI is InChI=1S/C21H20N2O2/c1-15-14-19(17-10-5-6-11-18(17)22-15)23(16-8-3-2-4-9-16)21(24)20-12-7-13-25-20/h2-13,15,19,22H,14H2,1H3/t15-,19+/m0/s1. The van der Waals surface area contributed by atoms with Gasteiger partial charge in [0.2, 0.25) is 0 Å². The minimum atomic E-state index is -0.120. The second-order valence-corrected chi connectivity index (χ2v) is 6.37. The minimum absolute atomic E-state index is 0.0487. The summed E-state index contributed by atoms with van der Waals surface area (Å²) in [5, 5.41) is 3.51. The van der Waals surface area contributed by atoms with E-state index < -0.39 is 0 Å².